The van der Waals surface area contributed by atoms with Crippen LogP contribution in [0.2, 0.25) is 0 Å². The molecule has 5 N–H and O–H groups in total. The van der Waals surface area contributed by atoms with Gasteiger partial charge in [-0.2, -0.15) is 0 Å². The molecule has 0 saturated carbocycles. The highest BCUT2D eigenvalue weighted by Gasteiger charge is 2.37. The average molecular weight is 389 g/mol. The Bertz CT molecular complexity index is 880. The second kappa shape index (κ2) is 8.09. The minimum Gasteiger partial charge on any atom is -1.00 e. The molecule has 0 aromatic heterocycles. The Morgan fingerprint density at radius 3 is 2.41 bits per heavy atom. The van der Waals surface area contributed by atoms with Crippen molar-refractivity contribution in [1.82, 2.24) is 0 Å². The molecule has 0 fully saturated rings. The standard InChI is InChI=1S/C19H20N4O3.ClH/c1-11(2)23-14-9-8-13(17(24)22-19(20)21)10-15(14)26-16(18(23)25)12-6-4-3-5-7-12;/h3-11,16H,1-2H3,(H4,20,21,22,24);1H. The van der Waals surface area contributed by atoms with E-state index in [0.717, 1.165) is 5.56 Å². The lowest BCUT2D eigenvalue weighted by Crippen LogP contribution is -3.00. The van der Waals surface area contributed by atoms with Crippen molar-refractivity contribution in [2.45, 2.75) is 26.0 Å². The summed E-state index contributed by atoms with van der Waals surface area (Å²) in [5.74, 6) is -0.318. The highest BCUT2D eigenvalue weighted by Crippen LogP contribution is 2.40. The molecule has 0 radical (unpaired) electrons. The summed E-state index contributed by atoms with van der Waals surface area (Å²) in [4.78, 5) is 29.2. The molecule has 0 bridgehead atoms. The number of hydrogen-bond donors (Lipinski definition) is 3. The molecule has 3 rings (SSSR count). The fraction of sp³-hybridized carbons (Fsp3) is 0.211. The molecule has 1 aliphatic heterocycles. The molecular weight excluding hydrogens is 368 g/mol. The lowest BCUT2D eigenvalue weighted by molar-refractivity contribution is -0.347. The molecule has 2 aromatic rings. The highest BCUT2D eigenvalue weighted by molar-refractivity contribution is 6.02. The van der Waals surface area contributed by atoms with E-state index in [0.29, 0.717) is 17.0 Å². The number of benzene rings is 2. The van der Waals surface area contributed by atoms with Crippen molar-refractivity contribution >= 4 is 23.5 Å². The molecule has 0 aliphatic carbocycles. The van der Waals surface area contributed by atoms with Gasteiger partial charge in [0.25, 0.3) is 5.91 Å². The molecule has 27 heavy (non-hydrogen) atoms. The number of nitrogens with one attached hydrogen (secondary N) is 1. The van der Waals surface area contributed by atoms with Gasteiger partial charge in [0.15, 0.2) is 0 Å². The van der Waals surface area contributed by atoms with Gasteiger partial charge in [0.05, 0.1) is 11.3 Å². The van der Waals surface area contributed by atoms with Crippen LogP contribution in [0.4, 0.5) is 5.69 Å². The van der Waals surface area contributed by atoms with Crippen molar-refractivity contribution in [3.05, 3.63) is 59.7 Å². The van der Waals surface area contributed by atoms with Gasteiger partial charge in [-0.15, -0.1) is 0 Å². The fourth-order valence-corrected chi connectivity index (χ4v) is 2.95. The van der Waals surface area contributed by atoms with Gasteiger partial charge in [0, 0.05) is 11.6 Å². The highest BCUT2D eigenvalue weighted by atomic mass is 35.5. The Balaban J connectivity index is 0.00000261. The van der Waals surface area contributed by atoms with E-state index in [-0.39, 0.29) is 30.3 Å². The summed E-state index contributed by atoms with van der Waals surface area (Å²) < 4.78 is 5.97. The number of carbonyl (C=O) groups is 2. The number of fused-ring (bicyclic) bond motifs is 1. The maximum absolute atomic E-state index is 13.0. The Morgan fingerprint density at radius 2 is 1.81 bits per heavy atom. The lowest BCUT2D eigenvalue weighted by Gasteiger charge is -2.37. The molecule has 1 atom stereocenters. The molecule has 0 saturated heterocycles. The van der Waals surface area contributed by atoms with Crippen LogP contribution in [0.5, 0.6) is 5.75 Å². The predicted molar refractivity (Wildman–Crippen MR) is 97.6 cm³/mol. The summed E-state index contributed by atoms with van der Waals surface area (Å²) in [7, 11) is 0. The van der Waals surface area contributed by atoms with E-state index in [2.05, 4.69) is 4.99 Å². The molecule has 1 unspecified atom stereocenters. The second-order valence-electron chi connectivity index (χ2n) is 6.30. The number of rotatable bonds is 3. The maximum Gasteiger partial charge on any atom is 0.346 e. The Hall–Kier alpha value is -3.06. The average Bonchev–Trinajstić information content (AvgIpc) is 2.60. The van der Waals surface area contributed by atoms with Crippen LogP contribution >= 0.6 is 0 Å². The van der Waals surface area contributed by atoms with Crippen molar-refractivity contribution < 1.29 is 31.7 Å². The molecular formula is C19H21ClN4O3. The Labute approximate surface area is 163 Å². The van der Waals surface area contributed by atoms with Gasteiger partial charge in [-0.25, -0.2) is 4.99 Å². The Kier molecular flexibility index (Phi) is 6.07. The minimum atomic E-state index is -0.768. The molecule has 1 aliphatic rings. The number of nitrogens with zero attached hydrogens (tertiary/aromatic N) is 1. The van der Waals surface area contributed by atoms with Gasteiger partial charge in [-0.05, 0) is 32.0 Å². The van der Waals surface area contributed by atoms with Crippen molar-refractivity contribution in [2.75, 3.05) is 4.90 Å². The van der Waals surface area contributed by atoms with Crippen molar-refractivity contribution in [3.63, 3.8) is 0 Å². The van der Waals surface area contributed by atoms with Gasteiger partial charge >= 0.3 is 11.9 Å². The minimum absolute atomic E-state index is 0. The van der Waals surface area contributed by atoms with Crippen LogP contribution in [0.1, 0.15) is 35.9 Å². The number of guanidine groups is 1. The molecule has 142 valence electrons. The van der Waals surface area contributed by atoms with Crippen LogP contribution in [0.15, 0.2) is 48.5 Å². The molecule has 2 aromatic carbocycles. The second-order valence-corrected chi connectivity index (χ2v) is 6.30. The lowest BCUT2D eigenvalue weighted by atomic mass is 10.0. The van der Waals surface area contributed by atoms with E-state index in [1.165, 1.54) is 0 Å². The van der Waals surface area contributed by atoms with Crippen LogP contribution in [0, 0.1) is 0 Å². The zero-order valence-electron chi connectivity index (χ0n) is 15.0. The molecule has 1 heterocycles. The van der Waals surface area contributed by atoms with E-state index >= 15 is 0 Å². The number of nitrogens with two attached hydrogens (primary N) is 2. The SMILES string of the molecule is CC(C)N1C(=O)C(c2ccccc2)Oc2cc(C(=O)[NH+]=C(N)N)ccc21.[Cl-]. The summed E-state index contributed by atoms with van der Waals surface area (Å²) in [5, 5.41) is 0. The third-order valence-electron chi connectivity index (χ3n) is 4.06. The molecule has 0 spiro atoms. The molecule has 7 nitrogen and oxygen atoms in total. The predicted octanol–water partition coefficient (Wildman–Crippen LogP) is -2.94. The number of carbonyl (C=O) groups excluding carboxylic acids is 2. The van der Waals surface area contributed by atoms with E-state index in [9.17, 15) is 9.59 Å². The topological polar surface area (TPSA) is 113 Å². The number of hydrogen-bond acceptors (Lipinski definition) is 3. The fourth-order valence-electron chi connectivity index (χ4n) is 2.95. The largest absolute Gasteiger partial charge is 1.00 e. The van der Waals surface area contributed by atoms with Crippen LogP contribution in [-0.4, -0.2) is 23.8 Å². The Morgan fingerprint density at radius 1 is 1.15 bits per heavy atom. The number of anilines is 1. The zero-order valence-corrected chi connectivity index (χ0v) is 15.7. The van der Waals surface area contributed by atoms with Crippen LogP contribution < -0.4 is 38.5 Å². The maximum atomic E-state index is 13.0. The van der Waals surface area contributed by atoms with E-state index < -0.39 is 12.0 Å². The smallest absolute Gasteiger partial charge is 0.346 e. The molecule has 2 amide bonds. The van der Waals surface area contributed by atoms with Gasteiger partial charge in [-0.1, -0.05) is 30.3 Å². The number of amides is 2. The van der Waals surface area contributed by atoms with E-state index in [1.807, 2.05) is 44.2 Å². The van der Waals surface area contributed by atoms with Gasteiger partial charge in [0.1, 0.15) is 5.75 Å². The van der Waals surface area contributed by atoms with Crippen molar-refractivity contribution in [3.8, 4) is 5.75 Å². The van der Waals surface area contributed by atoms with Gasteiger partial charge < -0.3 is 22.0 Å². The van der Waals surface area contributed by atoms with Gasteiger partial charge in [-0.3, -0.25) is 21.1 Å². The monoisotopic (exact) mass is 388 g/mol. The first-order valence-corrected chi connectivity index (χ1v) is 8.26. The first kappa shape index (κ1) is 20.3. The van der Waals surface area contributed by atoms with E-state index in [4.69, 9.17) is 16.2 Å². The number of halogens is 1. The summed E-state index contributed by atoms with van der Waals surface area (Å²) in [6.45, 7) is 3.86. The third-order valence-corrected chi connectivity index (χ3v) is 4.06. The third kappa shape index (κ3) is 4.03. The van der Waals surface area contributed by atoms with E-state index in [1.54, 1.807) is 23.1 Å². The quantitative estimate of drug-likeness (QED) is 0.385. The summed E-state index contributed by atoms with van der Waals surface area (Å²) in [6, 6.07) is 14.1. The summed E-state index contributed by atoms with van der Waals surface area (Å²) >= 11 is 0. The molecule has 8 heteroatoms. The summed E-state index contributed by atoms with van der Waals surface area (Å²) in [6.07, 6.45) is -0.768. The van der Waals surface area contributed by atoms with Crippen LogP contribution in [0.25, 0.3) is 0 Å². The van der Waals surface area contributed by atoms with Gasteiger partial charge in [0.2, 0.25) is 6.10 Å². The first-order chi connectivity index (χ1) is 12.4. The van der Waals surface area contributed by atoms with Crippen LogP contribution in [-0.2, 0) is 4.79 Å². The van der Waals surface area contributed by atoms with Crippen molar-refractivity contribution in [1.29, 1.82) is 0 Å². The zero-order chi connectivity index (χ0) is 18.8. The summed E-state index contributed by atoms with van der Waals surface area (Å²) in [5.41, 5.74) is 12.4. The van der Waals surface area contributed by atoms with Crippen LogP contribution in [0.3, 0.4) is 0 Å². The van der Waals surface area contributed by atoms with Crippen molar-refractivity contribution in [2.24, 2.45) is 11.5 Å². The normalized spacial score (nSPS) is 15.4. The first-order valence-electron chi connectivity index (χ1n) is 8.26. The number of ether oxygens (including phenoxy) is 1.